The van der Waals surface area contributed by atoms with Gasteiger partial charge in [0.15, 0.2) is 0 Å². The number of ether oxygens (including phenoxy) is 1. The Bertz CT molecular complexity index is 863. The average molecular weight is 403 g/mol. The van der Waals surface area contributed by atoms with Crippen LogP contribution in [0.25, 0.3) is 11.1 Å². The monoisotopic (exact) mass is 402 g/mol. The van der Waals surface area contributed by atoms with Gasteiger partial charge in [-0.1, -0.05) is 100 Å². The van der Waals surface area contributed by atoms with Gasteiger partial charge >= 0.3 is 0 Å². The number of rotatable bonds is 4. The molecule has 0 atom stereocenters. The number of hydrogen-bond acceptors (Lipinski definition) is 1. The lowest BCUT2D eigenvalue weighted by Gasteiger charge is -2.45. The minimum absolute atomic E-state index is 0.147. The summed E-state index contributed by atoms with van der Waals surface area (Å²) in [7, 11) is 0. The van der Waals surface area contributed by atoms with Crippen LogP contribution in [0.15, 0.2) is 36.4 Å². The minimum Gasteiger partial charge on any atom is -0.482 e. The lowest BCUT2D eigenvalue weighted by molar-refractivity contribution is 0.00104. The highest BCUT2D eigenvalue weighted by molar-refractivity contribution is 5.77. The van der Waals surface area contributed by atoms with Crippen LogP contribution in [0.4, 0.5) is 0 Å². The van der Waals surface area contributed by atoms with Crippen molar-refractivity contribution >= 4 is 0 Å². The van der Waals surface area contributed by atoms with E-state index in [1.807, 2.05) is 0 Å². The van der Waals surface area contributed by atoms with E-state index >= 15 is 0 Å². The van der Waals surface area contributed by atoms with E-state index in [0.29, 0.717) is 0 Å². The molecule has 1 nitrogen and oxygen atoms in total. The van der Waals surface area contributed by atoms with Crippen molar-refractivity contribution in [3.8, 4) is 16.9 Å². The summed E-state index contributed by atoms with van der Waals surface area (Å²) in [5.74, 6) is 2.74. The second kappa shape index (κ2) is 8.40. The average Bonchev–Trinajstić information content (AvgIpc) is 2.75. The molecule has 0 spiro atoms. The standard InChI is InChI=1S/C29H38O/c1-21-13-15-25-26-16-14-22(2)18-28(26)30-29(27(25)17-21,19-23-9-5-3-6-10-23)20-24-11-7-4-8-12-24/h13-18,23-24H,3-12,19-20H2,1-2H3. The minimum atomic E-state index is -0.147. The van der Waals surface area contributed by atoms with Crippen molar-refractivity contribution < 1.29 is 4.74 Å². The summed E-state index contributed by atoms with van der Waals surface area (Å²) in [6.45, 7) is 4.44. The van der Waals surface area contributed by atoms with Crippen molar-refractivity contribution in [2.24, 2.45) is 11.8 Å². The zero-order valence-corrected chi connectivity index (χ0v) is 19.0. The van der Waals surface area contributed by atoms with E-state index in [2.05, 4.69) is 50.2 Å². The fraction of sp³-hybridized carbons (Fsp3) is 0.586. The Morgan fingerprint density at radius 1 is 0.700 bits per heavy atom. The van der Waals surface area contributed by atoms with Gasteiger partial charge in [0.25, 0.3) is 0 Å². The number of hydrogen-bond donors (Lipinski definition) is 0. The summed E-state index contributed by atoms with van der Waals surface area (Å²) in [4.78, 5) is 0. The molecule has 160 valence electrons. The maximum absolute atomic E-state index is 7.19. The first-order chi connectivity index (χ1) is 14.6. The molecule has 0 bridgehead atoms. The number of aryl methyl sites for hydroxylation is 2. The first-order valence-corrected chi connectivity index (χ1v) is 12.5. The predicted molar refractivity (Wildman–Crippen MR) is 126 cm³/mol. The molecule has 2 aromatic rings. The predicted octanol–water partition coefficient (Wildman–Crippen LogP) is 8.50. The third-order valence-electron chi connectivity index (χ3n) is 8.08. The van der Waals surface area contributed by atoms with Gasteiger partial charge in [0.05, 0.1) is 0 Å². The molecular formula is C29H38O. The smallest absolute Gasteiger partial charge is 0.135 e. The lowest BCUT2D eigenvalue weighted by Crippen LogP contribution is -2.41. The summed E-state index contributed by atoms with van der Waals surface area (Å²) in [6, 6.07) is 13.9. The Morgan fingerprint density at radius 3 is 1.83 bits per heavy atom. The Labute approximate surface area is 183 Å². The van der Waals surface area contributed by atoms with Gasteiger partial charge in [0, 0.05) is 11.1 Å². The molecular weight excluding hydrogens is 364 g/mol. The molecule has 2 saturated carbocycles. The van der Waals surface area contributed by atoms with Crippen LogP contribution in [0.2, 0.25) is 0 Å². The summed E-state index contributed by atoms with van der Waals surface area (Å²) in [5, 5.41) is 0. The maximum Gasteiger partial charge on any atom is 0.135 e. The molecule has 1 aliphatic heterocycles. The second-order valence-corrected chi connectivity index (χ2v) is 10.6. The van der Waals surface area contributed by atoms with Crippen LogP contribution in [0.5, 0.6) is 5.75 Å². The van der Waals surface area contributed by atoms with Crippen LogP contribution in [-0.4, -0.2) is 0 Å². The normalized spacial score (nSPS) is 21.5. The molecule has 0 radical (unpaired) electrons. The van der Waals surface area contributed by atoms with Crippen LogP contribution in [-0.2, 0) is 5.60 Å². The van der Waals surface area contributed by atoms with Crippen molar-refractivity contribution in [1.29, 1.82) is 0 Å². The molecule has 0 aromatic heterocycles. The Morgan fingerprint density at radius 2 is 1.23 bits per heavy atom. The largest absolute Gasteiger partial charge is 0.482 e. The van der Waals surface area contributed by atoms with Gasteiger partial charge in [-0.25, -0.2) is 0 Å². The molecule has 30 heavy (non-hydrogen) atoms. The van der Waals surface area contributed by atoms with Crippen molar-refractivity contribution in [2.45, 2.75) is 96.5 Å². The van der Waals surface area contributed by atoms with E-state index in [0.717, 1.165) is 17.6 Å². The zero-order valence-electron chi connectivity index (χ0n) is 19.0. The van der Waals surface area contributed by atoms with Gasteiger partial charge in [-0.3, -0.25) is 0 Å². The summed E-state index contributed by atoms with van der Waals surface area (Å²) in [6.07, 6.45) is 16.4. The van der Waals surface area contributed by atoms with Crippen molar-refractivity contribution in [1.82, 2.24) is 0 Å². The van der Waals surface area contributed by atoms with Gasteiger partial charge in [0.2, 0.25) is 0 Å². The first-order valence-electron chi connectivity index (χ1n) is 12.5. The molecule has 3 aliphatic rings. The number of fused-ring (bicyclic) bond motifs is 3. The van der Waals surface area contributed by atoms with Crippen molar-refractivity contribution in [3.05, 3.63) is 53.1 Å². The molecule has 1 heteroatoms. The van der Waals surface area contributed by atoms with E-state index in [9.17, 15) is 0 Å². The van der Waals surface area contributed by atoms with Crippen LogP contribution in [0.1, 0.15) is 93.7 Å². The zero-order chi connectivity index (χ0) is 20.6. The van der Waals surface area contributed by atoms with Gasteiger partial charge in [-0.15, -0.1) is 0 Å². The third-order valence-corrected chi connectivity index (χ3v) is 8.08. The third kappa shape index (κ3) is 3.93. The highest BCUT2D eigenvalue weighted by Gasteiger charge is 2.44. The fourth-order valence-electron chi connectivity index (χ4n) is 6.57. The van der Waals surface area contributed by atoms with Crippen molar-refractivity contribution in [2.75, 3.05) is 0 Å². The quantitative estimate of drug-likeness (QED) is 0.498. The van der Waals surface area contributed by atoms with Crippen LogP contribution in [0, 0.1) is 25.7 Å². The molecule has 0 unspecified atom stereocenters. The molecule has 5 rings (SSSR count). The Kier molecular flexibility index (Phi) is 5.65. The van der Waals surface area contributed by atoms with Crippen molar-refractivity contribution in [3.63, 3.8) is 0 Å². The van der Waals surface area contributed by atoms with Crippen LogP contribution >= 0.6 is 0 Å². The lowest BCUT2D eigenvalue weighted by atomic mass is 9.69. The van der Waals surface area contributed by atoms with Gasteiger partial charge in [-0.05, 0) is 55.7 Å². The Balaban J connectivity index is 1.61. The van der Waals surface area contributed by atoms with Gasteiger partial charge in [0.1, 0.15) is 11.4 Å². The van der Waals surface area contributed by atoms with E-state index in [4.69, 9.17) is 4.74 Å². The summed E-state index contributed by atoms with van der Waals surface area (Å²) in [5.41, 5.74) is 6.71. The molecule has 1 heterocycles. The van der Waals surface area contributed by atoms with Crippen LogP contribution in [0.3, 0.4) is 0 Å². The summed E-state index contributed by atoms with van der Waals surface area (Å²) < 4.78 is 7.19. The first kappa shape index (κ1) is 20.2. The second-order valence-electron chi connectivity index (χ2n) is 10.6. The number of benzene rings is 2. The molecule has 0 amide bonds. The molecule has 2 aliphatic carbocycles. The van der Waals surface area contributed by atoms with E-state index in [1.54, 1.807) is 0 Å². The topological polar surface area (TPSA) is 9.23 Å². The molecule has 2 aromatic carbocycles. The summed E-state index contributed by atoms with van der Waals surface area (Å²) >= 11 is 0. The SMILES string of the molecule is Cc1ccc2c(c1)OC(CC1CCCCC1)(CC1CCCCC1)c1cc(C)ccc1-2. The van der Waals surface area contributed by atoms with Crippen LogP contribution < -0.4 is 4.74 Å². The van der Waals surface area contributed by atoms with E-state index < -0.39 is 0 Å². The van der Waals surface area contributed by atoms with Gasteiger partial charge in [-0.2, -0.15) is 0 Å². The molecule has 0 saturated heterocycles. The van der Waals surface area contributed by atoms with E-state index in [1.165, 1.54) is 105 Å². The molecule has 0 N–H and O–H groups in total. The maximum atomic E-state index is 7.19. The van der Waals surface area contributed by atoms with E-state index in [-0.39, 0.29) is 5.60 Å². The van der Waals surface area contributed by atoms with Gasteiger partial charge < -0.3 is 4.74 Å². The highest BCUT2D eigenvalue weighted by atomic mass is 16.5. The highest BCUT2D eigenvalue weighted by Crippen LogP contribution is 2.53. The Hall–Kier alpha value is -1.76. The fourth-order valence-corrected chi connectivity index (χ4v) is 6.57. The molecule has 2 fully saturated rings.